The molecule has 1 aliphatic rings. The van der Waals surface area contributed by atoms with Crippen molar-refractivity contribution in [3.05, 3.63) is 82.5 Å². The molecule has 11 heteroatoms. The summed E-state index contributed by atoms with van der Waals surface area (Å²) in [7, 11) is 0. The number of para-hydroxylation sites is 1. The Bertz CT molecular complexity index is 1290. The van der Waals surface area contributed by atoms with E-state index in [1.165, 1.54) is 17.1 Å². The van der Waals surface area contributed by atoms with Crippen LogP contribution in [-0.4, -0.2) is 32.6 Å². The number of benzene rings is 1. The van der Waals surface area contributed by atoms with Gasteiger partial charge in [0.25, 0.3) is 17.0 Å². The Kier molecular flexibility index (Phi) is 6.45. The fourth-order valence-electron chi connectivity index (χ4n) is 3.45. The number of nitrogens with zero attached hydrogens (tertiary/aromatic N) is 4. The molecule has 0 aliphatic carbocycles. The normalized spacial score (nSPS) is 16.5. The zero-order valence-corrected chi connectivity index (χ0v) is 19.6. The van der Waals surface area contributed by atoms with Gasteiger partial charge < -0.3 is 13.6 Å². The van der Waals surface area contributed by atoms with E-state index in [2.05, 4.69) is 15.3 Å². The standard InChI is InChI=1S/C23H19FN4O4S2/c1-14(31-18-7-3-2-6-15(18)24)22-25-26-23(32-22)34-13-21(29)28-17(19-8-4-10-30-19)12-16(27-28)20-9-5-11-33-20/h2-11,14,17H,12-13H2,1H3/t14-,17-/m1/s1. The molecule has 0 fully saturated rings. The summed E-state index contributed by atoms with van der Waals surface area (Å²) in [6.45, 7) is 1.68. The summed E-state index contributed by atoms with van der Waals surface area (Å²) >= 11 is 2.68. The van der Waals surface area contributed by atoms with Crippen molar-refractivity contribution in [3.63, 3.8) is 0 Å². The molecule has 0 spiro atoms. The highest BCUT2D eigenvalue weighted by molar-refractivity contribution is 7.99. The van der Waals surface area contributed by atoms with Crippen LogP contribution in [0.25, 0.3) is 0 Å². The smallest absolute Gasteiger partial charge is 0.277 e. The third kappa shape index (κ3) is 4.75. The SMILES string of the molecule is C[C@@H](Oc1ccccc1F)c1nnc(SCC(=O)N2N=C(c3cccs3)C[C@@H]2c2ccco2)o1. The molecule has 3 aromatic heterocycles. The second-order valence-corrected chi connectivity index (χ2v) is 9.26. The number of hydrogen-bond acceptors (Lipinski definition) is 9. The summed E-state index contributed by atoms with van der Waals surface area (Å²) in [4.78, 5) is 14.1. The first-order valence-electron chi connectivity index (χ1n) is 10.4. The van der Waals surface area contributed by atoms with Crippen LogP contribution < -0.4 is 4.74 Å². The second-order valence-electron chi connectivity index (χ2n) is 7.38. The molecule has 174 valence electrons. The van der Waals surface area contributed by atoms with Crippen molar-refractivity contribution in [2.75, 3.05) is 5.75 Å². The lowest BCUT2D eigenvalue weighted by Crippen LogP contribution is -2.28. The first kappa shape index (κ1) is 22.4. The Labute approximate surface area is 202 Å². The number of thioether (sulfide) groups is 1. The van der Waals surface area contributed by atoms with Crippen LogP contribution in [0, 0.1) is 5.82 Å². The van der Waals surface area contributed by atoms with Crippen LogP contribution in [0.15, 0.2) is 79.3 Å². The molecule has 2 atom stereocenters. The van der Waals surface area contributed by atoms with E-state index in [1.807, 2.05) is 23.6 Å². The van der Waals surface area contributed by atoms with E-state index in [9.17, 15) is 9.18 Å². The van der Waals surface area contributed by atoms with Crippen LogP contribution in [0.3, 0.4) is 0 Å². The molecule has 0 saturated carbocycles. The van der Waals surface area contributed by atoms with Crippen molar-refractivity contribution in [2.45, 2.75) is 30.7 Å². The van der Waals surface area contributed by atoms with Gasteiger partial charge in [0.1, 0.15) is 11.8 Å². The minimum atomic E-state index is -0.658. The molecule has 0 N–H and O–H groups in total. The van der Waals surface area contributed by atoms with Crippen LogP contribution in [-0.2, 0) is 4.79 Å². The number of hydrazone groups is 1. The van der Waals surface area contributed by atoms with E-state index < -0.39 is 11.9 Å². The third-order valence-electron chi connectivity index (χ3n) is 5.07. The Hall–Kier alpha value is -3.44. The first-order chi connectivity index (χ1) is 16.6. The van der Waals surface area contributed by atoms with E-state index in [4.69, 9.17) is 13.6 Å². The van der Waals surface area contributed by atoms with Gasteiger partial charge in [0.2, 0.25) is 0 Å². The van der Waals surface area contributed by atoms with Crippen LogP contribution in [0.4, 0.5) is 4.39 Å². The molecule has 4 heterocycles. The Morgan fingerprint density at radius 2 is 2.15 bits per heavy atom. The number of thiophene rings is 1. The summed E-state index contributed by atoms with van der Waals surface area (Å²) in [5.74, 6) is 0.304. The fraction of sp³-hybridized carbons (Fsp3) is 0.217. The van der Waals surface area contributed by atoms with Gasteiger partial charge in [0.15, 0.2) is 17.7 Å². The number of furan rings is 1. The minimum Gasteiger partial charge on any atom is -0.478 e. The molecule has 0 bridgehead atoms. The largest absolute Gasteiger partial charge is 0.478 e. The van der Waals surface area contributed by atoms with Gasteiger partial charge in [-0.2, -0.15) is 5.10 Å². The predicted molar refractivity (Wildman–Crippen MR) is 124 cm³/mol. The molecule has 8 nitrogen and oxygen atoms in total. The Morgan fingerprint density at radius 3 is 2.91 bits per heavy atom. The number of carbonyl (C=O) groups excluding carboxylic acids is 1. The topological polar surface area (TPSA) is 94.0 Å². The lowest BCUT2D eigenvalue weighted by molar-refractivity contribution is -0.130. The van der Waals surface area contributed by atoms with Crippen molar-refractivity contribution < 1.29 is 22.8 Å². The van der Waals surface area contributed by atoms with Gasteiger partial charge >= 0.3 is 0 Å². The maximum absolute atomic E-state index is 13.8. The van der Waals surface area contributed by atoms with Crippen LogP contribution in [0.2, 0.25) is 0 Å². The van der Waals surface area contributed by atoms with Gasteiger partial charge in [-0.15, -0.1) is 21.5 Å². The molecular formula is C23H19FN4O4S2. The maximum atomic E-state index is 13.8. The first-order valence-corrected chi connectivity index (χ1v) is 12.3. The highest BCUT2D eigenvalue weighted by atomic mass is 32.2. The molecule has 1 amide bonds. The van der Waals surface area contributed by atoms with Gasteiger partial charge in [-0.25, -0.2) is 9.40 Å². The van der Waals surface area contributed by atoms with E-state index in [0.29, 0.717) is 12.2 Å². The number of amides is 1. The number of aromatic nitrogens is 2. The zero-order chi connectivity index (χ0) is 23.5. The molecule has 5 rings (SSSR count). The molecule has 0 radical (unpaired) electrons. The highest BCUT2D eigenvalue weighted by Crippen LogP contribution is 2.35. The number of carbonyl (C=O) groups is 1. The van der Waals surface area contributed by atoms with Crippen molar-refractivity contribution in [1.29, 1.82) is 0 Å². The van der Waals surface area contributed by atoms with Gasteiger partial charge in [-0.05, 0) is 42.6 Å². The van der Waals surface area contributed by atoms with Crippen LogP contribution in [0.1, 0.15) is 42.0 Å². The Balaban J connectivity index is 1.24. The Morgan fingerprint density at radius 1 is 1.26 bits per heavy atom. The predicted octanol–water partition coefficient (Wildman–Crippen LogP) is 5.47. The van der Waals surface area contributed by atoms with Crippen molar-refractivity contribution in [2.24, 2.45) is 5.10 Å². The second kappa shape index (κ2) is 9.82. The minimum absolute atomic E-state index is 0.0443. The van der Waals surface area contributed by atoms with E-state index in [-0.39, 0.29) is 34.6 Å². The average Bonchev–Trinajstić information content (AvgIpc) is 3.64. The molecular weight excluding hydrogens is 479 g/mol. The monoisotopic (exact) mass is 498 g/mol. The molecule has 34 heavy (non-hydrogen) atoms. The van der Waals surface area contributed by atoms with Crippen molar-refractivity contribution in [3.8, 4) is 5.75 Å². The number of hydrogen-bond donors (Lipinski definition) is 0. The lowest BCUT2D eigenvalue weighted by Gasteiger charge is -2.19. The highest BCUT2D eigenvalue weighted by Gasteiger charge is 2.35. The summed E-state index contributed by atoms with van der Waals surface area (Å²) in [5.41, 5.74) is 0.842. The maximum Gasteiger partial charge on any atom is 0.277 e. The average molecular weight is 499 g/mol. The zero-order valence-electron chi connectivity index (χ0n) is 18.0. The fourth-order valence-corrected chi connectivity index (χ4v) is 4.79. The van der Waals surface area contributed by atoms with Crippen LogP contribution in [0.5, 0.6) is 5.75 Å². The van der Waals surface area contributed by atoms with Gasteiger partial charge in [0, 0.05) is 6.42 Å². The van der Waals surface area contributed by atoms with Gasteiger partial charge in [-0.1, -0.05) is 30.0 Å². The molecule has 1 aromatic carbocycles. The number of ether oxygens (including phenoxy) is 1. The van der Waals surface area contributed by atoms with Gasteiger partial charge in [-0.3, -0.25) is 4.79 Å². The summed E-state index contributed by atoms with van der Waals surface area (Å²) in [5, 5.41) is 16.2. The van der Waals surface area contributed by atoms with Crippen molar-refractivity contribution in [1.82, 2.24) is 15.2 Å². The molecule has 4 aromatic rings. The molecule has 0 saturated heterocycles. The number of rotatable bonds is 8. The molecule has 0 unspecified atom stereocenters. The van der Waals surface area contributed by atoms with E-state index in [1.54, 1.807) is 42.7 Å². The third-order valence-corrected chi connectivity index (χ3v) is 6.79. The summed E-state index contributed by atoms with van der Waals surface area (Å²) in [6, 6.07) is 13.3. The molecule has 1 aliphatic heterocycles. The number of halogens is 1. The quantitative estimate of drug-likeness (QED) is 0.297. The van der Waals surface area contributed by atoms with Crippen LogP contribution >= 0.6 is 23.1 Å². The lowest BCUT2D eigenvalue weighted by atomic mass is 10.1. The van der Waals surface area contributed by atoms with E-state index >= 15 is 0 Å². The van der Waals surface area contributed by atoms with E-state index in [0.717, 1.165) is 22.4 Å². The van der Waals surface area contributed by atoms with Crippen molar-refractivity contribution >= 4 is 34.7 Å². The summed E-state index contributed by atoms with van der Waals surface area (Å²) < 4.78 is 30.6. The van der Waals surface area contributed by atoms with Gasteiger partial charge in [0.05, 0.1) is 22.6 Å². The summed E-state index contributed by atoms with van der Waals surface area (Å²) in [6.07, 6.45) is 1.50.